The van der Waals surface area contributed by atoms with Gasteiger partial charge in [0.15, 0.2) is 28.8 Å². The topological polar surface area (TPSA) is 178 Å². The Labute approximate surface area is 426 Å². The van der Waals surface area contributed by atoms with Gasteiger partial charge in [0.05, 0.1) is 54.8 Å². The molecule has 5 aromatic carbocycles. The van der Waals surface area contributed by atoms with Crippen LogP contribution in [0.4, 0.5) is 28.4 Å². The van der Waals surface area contributed by atoms with E-state index in [1.54, 1.807) is 65.6 Å². The van der Waals surface area contributed by atoms with Gasteiger partial charge < -0.3 is 29.6 Å². The van der Waals surface area contributed by atoms with Crippen LogP contribution in [0.5, 0.6) is 23.0 Å². The summed E-state index contributed by atoms with van der Waals surface area (Å²) in [4.78, 5) is 81.8. The van der Waals surface area contributed by atoms with Crippen LogP contribution in [-0.4, -0.2) is 74.2 Å². The van der Waals surface area contributed by atoms with Crippen LogP contribution < -0.4 is 39.4 Å². The van der Waals surface area contributed by atoms with E-state index in [0.717, 1.165) is 22.5 Å². The predicted molar refractivity (Wildman–Crippen MR) is 282 cm³/mol. The lowest BCUT2D eigenvalue weighted by Crippen LogP contribution is -2.45. The van der Waals surface area contributed by atoms with Crippen LogP contribution in [0.25, 0.3) is 0 Å². The van der Waals surface area contributed by atoms with Crippen LogP contribution in [0.15, 0.2) is 101 Å². The van der Waals surface area contributed by atoms with Crippen molar-refractivity contribution in [1.82, 2.24) is 5.32 Å². The second kappa shape index (κ2) is 20.7. The fourth-order valence-electron chi connectivity index (χ4n) is 9.84. The van der Waals surface area contributed by atoms with Crippen molar-refractivity contribution in [3.8, 4) is 23.0 Å². The molecule has 4 aliphatic rings. The fraction of sp³-hybridized carbons (Fsp3) is 0.362. The third kappa shape index (κ3) is 10.7. The lowest BCUT2D eigenvalue weighted by Gasteiger charge is -2.24. The van der Waals surface area contributed by atoms with Gasteiger partial charge in [-0.25, -0.2) is 0 Å². The molecular formula is C58H62N6O9. The number of carbonyl (C=O) groups is 5. The van der Waals surface area contributed by atoms with E-state index in [9.17, 15) is 24.0 Å². The van der Waals surface area contributed by atoms with Gasteiger partial charge in [-0.2, -0.15) is 0 Å². The lowest BCUT2D eigenvalue weighted by atomic mass is 9.89. The number of hydrogen-bond acceptors (Lipinski definition) is 11. The lowest BCUT2D eigenvalue weighted by molar-refractivity contribution is -0.131. The van der Waals surface area contributed by atoms with Gasteiger partial charge in [-0.05, 0) is 82.5 Å². The van der Waals surface area contributed by atoms with Crippen LogP contribution in [0.2, 0.25) is 0 Å². The van der Waals surface area contributed by atoms with Gasteiger partial charge in [-0.1, -0.05) is 77.9 Å². The van der Waals surface area contributed by atoms with Crippen LogP contribution >= 0.6 is 0 Å². The number of methoxy groups -OCH3 is 2. The molecule has 4 aliphatic heterocycles. The number of Topliss-reactive ketones (excluding diaryl/α,β-unsaturated/α-hetero) is 1. The second-order valence-electron chi connectivity index (χ2n) is 20.8. The van der Waals surface area contributed by atoms with Crippen LogP contribution in [0.1, 0.15) is 104 Å². The maximum Gasteiger partial charge on any atom is 0.261 e. The van der Waals surface area contributed by atoms with E-state index in [2.05, 4.69) is 31.4 Å². The van der Waals surface area contributed by atoms with Crippen molar-refractivity contribution in [2.75, 3.05) is 29.3 Å². The van der Waals surface area contributed by atoms with Crippen molar-refractivity contribution < 1.29 is 42.9 Å². The summed E-state index contributed by atoms with van der Waals surface area (Å²) in [6, 6.07) is 26.6. The second-order valence-corrected chi connectivity index (χ2v) is 20.8. The summed E-state index contributed by atoms with van der Waals surface area (Å²) in [6.45, 7) is 11.6. The first-order valence-electron chi connectivity index (χ1n) is 24.8. The van der Waals surface area contributed by atoms with E-state index in [1.807, 2.05) is 68.4 Å². The molecule has 15 heteroatoms. The monoisotopic (exact) mass is 986 g/mol. The Morgan fingerprint density at radius 3 is 1.64 bits per heavy atom. The number of ketones is 1. The minimum atomic E-state index is -0.743. The maximum absolute atomic E-state index is 14.1. The highest BCUT2D eigenvalue weighted by atomic mass is 16.5. The smallest absolute Gasteiger partial charge is 0.261 e. The Morgan fingerprint density at radius 1 is 0.685 bits per heavy atom. The summed E-state index contributed by atoms with van der Waals surface area (Å²) in [7, 11) is 3.02. The van der Waals surface area contributed by atoms with Crippen molar-refractivity contribution in [3.63, 3.8) is 0 Å². The molecule has 73 heavy (non-hydrogen) atoms. The van der Waals surface area contributed by atoms with Gasteiger partial charge in [0.1, 0.15) is 13.2 Å². The normalized spacial score (nSPS) is 17.0. The maximum atomic E-state index is 14.1. The quantitative estimate of drug-likeness (QED) is 0.0918. The van der Waals surface area contributed by atoms with E-state index in [1.165, 1.54) is 14.2 Å². The number of aliphatic imine (C=N–C) groups is 2. The standard InChI is InChI=1S/C58H62N6O9/c1-33(2)54(62-53(66)17-18-58(4,5)6)48(65)19-34(3)55(67)61-39-21-35(31-72-51-27-44-42(25-49(51)70-7)56(68)63-40(29-59-44)23-37-13-9-11-15-46(37)63)20-36(22-39)32-73-52-28-45-43(26-50(52)71-8)57(69)64-41(30-60-45)24-38-14-10-12-16-47(38)64/h9-16,20-22,25-30,33-34,40-41,54H,17-19,23-24,31-32H2,1-8H3,(H,61,67)(H,62,66)/t34-,40+,41+,54+/m1/s1. The minimum Gasteiger partial charge on any atom is -0.493 e. The molecule has 0 aromatic heterocycles. The van der Waals surface area contributed by atoms with E-state index in [4.69, 9.17) is 28.9 Å². The van der Waals surface area contributed by atoms with E-state index in [0.29, 0.717) is 88.0 Å². The Kier molecular flexibility index (Phi) is 14.2. The number of rotatable bonds is 17. The van der Waals surface area contributed by atoms with Gasteiger partial charge in [0, 0.05) is 73.2 Å². The first-order chi connectivity index (χ1) is 35.0. The van der Waals surface area contributed by atoms with Gasteiger partial charge in [-0.15, -0.1) is 0 Å². The van der Waals surface area contributed by atoms with Crippen LogP contribution in [0.3, 0.4) is 0 Å². The Hall–Kier alpha value is -7.81. The predicted octanol–water partition coefficient (Wildman–Crippen LogP) is 9.94. The third-order valence-electron chi connectivity index (χ3n) is 13.8. The van der Waals surface area contributed by atoms with Gasteiger partial charge in [0.25, 0.3) is 11.8 Å². The Bertz CT molecular complexity index is 2900. The first kappa shape index (κ1) is 50.1. The molecule has 15 nitrogen and oxygen atoms in total. The summed E-state index contributed by atoms with van der Waals surface area (Å²) in [6.07, 6.45) is 5.79. The molecule has 2 N–H and O–H groups in total. The molecule has 0 radical (unpaired) electrons. The summed E-state index contributed by atoms with van der Waals surface area (Å²) in [5.74, 6) is -0.726. The zero-order chi connectivity index (χ0) is 51.7. The number of nitrogens with one attached hydrogen (secondary N) is 2. The number of anilines is 3. The molecule has 0 unspecified atom stereocenters. The number of amides is 4. The highest BCUT2D eigenvalue weighted by molar-refractivity contribution is 6.16. The molecule has 378 valence electrons. The van der Waals surface area contributed by atoms with E-state index in [-0.39, 0.29) is 66.6 Å². The van der Waals surface area contributed by atoms with E-state index < -0.39 is 17.9 Å². The van der Waals surface area contributed by atoms with Crippen molar-refractivity contribution >= 4 is 70.3 Å². The van der Waals surface area contributed by atoms with Gasteiger partial charge in [0.2, 0.25) is 11.8 Å². The van der Waals surface area contributed by atoms with Crippen molar-refractivity contribution in [2.45, 2.75) is 105 Å². The number of nitrogens with zero attached hydrogens (tertiary/aromatic N) is 4. The van der Waals surface area contributed by atoms with Crippen molar-refractivity contribution in [3.05, 3.63) is 124 Å². The highest BCUT2D eigenvalue weighted by Gasteiger charge is 2.38. The molecule has 4 heterocycles. The Balaban J connectivity index is 0.963. The summed E-state index contributed by atoms with van der Waals surface area (Å²) < 4.78 is 24.5. The number of carbonyl (C=O) groups excluding carboxylic acids is 5. The minimum absolute atomic E-state index is 0.00442. The molecule has 0 saturated heterocycles. The molecule has 5 aromatic rings. The molecule has 0 bridgehead atoms. The highest BCUT2D eigenvalue weighted by Crippen LogP contribution is 2.43. The number of para-hydroxylation sites is 2. The van der Waals surface area contributed by atoms with Crippen molar-refractivity contribution in [1.29, 1.82) is 0 Å². The fourth-order valence-corrected chi connectivity index (χ4v) is 9.84. The average Bonchev–Trinajstić information content (AvgIpc) is 3.86. The summed E-state index contributed by atoms with van der Waals surface area (Å²) >= 11 is 0. The first-order valence-corrected chi connectivity index (χ1v) is 24.8. The van der Waals surface area contributed by atoms with Crippen LogP contribution in [-0.2, 0) is 40.4 Å². The zero-order valence-corrected chi connectivity index (χ0v) is 42.6. The zero-order valence-electron chi connectivity index (χ0n) is 42.6. The van der Waals surface area contributed by atoms with E-state index >= 15 is 0 Å². The molecular weight excluding hydrogens is 925 g/mol. The van der Waals surface area contributed by atoms with Gasteiger partial charge in [-0.3, -0.25) is 43.8 Å². The molecule has 4 atom stereocenters. The summed E-state index contributed by atoms with van der Waals surface area (Å²) in [5, 5.41) is 5.93. The molecule has 0 fully saturated rings. The number of ether oxygens (including phenoxy) is 4. The number of hydrogen-bond donors (Lipinski definition) is 2. The largest absolute Gasteiger partial charge is 0.493 e. The molecule has 0 spiro atoms. The third-order valence-corrected chi connectivity index (χ3v) is 13.8. The van der Waals surface area contributed by atoms with Gasteiger partial charge >= 0.3 is 0 Å². The molecule has 4 amide bonds. The van der Waals surface area contributed by atoms with Crippen LogP contribution in [0, 0.1) is 17.3 Å². The molecule has 9 rings (SSSR count). The summed E-state index contributed by atoms with van der Waals surface area (Å²) in [5.41, 5.74) is 7.22. The molecule has 0 saturated carbocycles. The van der Waals surface area contributed by atoms with Crippen molar-refractivity contribution in [2.24, 2.45) is 27.2 Å². The number of fused-ring (bicyclic) bond motifs is 8. The SMILES string of the molecule is COc1cc2c(cc1OCc1cc(COc3cc4c(cc3OC)C(=O)N3c5ccccc5C[C@H]3C=N4)cc(NC(=O)[C@H](C)CC(=O)[C@@H](NC(=O)CCC(C)(C)C)C(C)C)c1)N=C[C@@H]1Cc3ccccc3N1C2=O. The number of benzene rings is 5. The average molecular weight is 987 g/mol. The molecule has 0 aliphatic carbocycles. The Morgan fingerprint density at radius 2 is 1.18 bits per heavy atom.